The Bertz CT molecular complexity index is 155. The fourth-order valence-corrected chi connectivity index (χ4v) is 1.42. The predicted octanol–water partition coefficient (Wildman–Crippen LogP) is 2.13. The Kier molecular flexibility index (Phi) is 7.48. The summed E-state index contributed by atoms with van der Waals surface area (Å²) in [5.41, 5.74) is 0. The van der Waals surface area contributed by atoms with Crippen LogP contribution in [0.5, 0.6) is 0 Å². The molecule has 0 heterocycles. The van der Waals surface area contributed by atoms with Crippen LogP contribution in [0.4, 0.5) is 0 Å². The molecule has 0 spiro atoms. The van der Waals surface area contributed by atoms with E-state index in [0.717, 1.165) is 25.7 Å². The zero-order chi connectivity index (χ0) is 11.0. The maximum absolute atomic E-state index is 11.4. The summed E-state index contributed by atoms with van der Waals surface area (Å²) >= 11 is 0. The van der Waals surface area contributed by atoms with Gasteiger partial charge < -0.3 is 9.84 Å². The zero-order valence-electron chi connectivity index (χ0n) is 9.45. The van der Waals surface area contributed by atoms with Crippen molar-refractivity contribution in [1.29, 1.82) is 0 Å². The van der Waals surface area contributed by atoms with E-state index < -0.39 is 6.10 Å². The van der Waals surface area contributed by atoms with Gasteiger partial charge in [-0.3, -0.25) is 4.79 Å². The van der Waals surface area contributed by atoms with Gasteiger partial charge in [-0.15, -0.1) is 0 Å². The molecule has 0 saturated heterocycles. The number of rotatable bonds is 7. The van der Waals surface area contributed by atoms with Crippen molar-refractivity contribution in [2.24, 2.45) is 5.92 Å². The first-order chi connectivity index (χ1) is 6.63. The lowest BCUT2D eigenvalue weighted by Gasteiger charge is -2.17. The highest BCUT2D eigenvalue weighted by atomic mass is 16.5. The topological polar surface area (TPSA) is 46.5 Å². The number of aliphatic hydroxyl groups is 1. The molecule has 0 aromatic rings. The van der Waals surface area contributed by atoms with Crippen molar-refractivity contribution >= 4 is 5.97 Å². The predicted molar refractivity (Wildman–Crippen MR) is 55.9 cm³/mol. The van der Waals surface area contributed by atoms with Gasteiger partial charge in [-0.25, -0.2) is 0 Å². The molecule has 0 saturated carbocycles. The number of carbonyl (C=O) groups excluding carboxylic acids is 1. The molecule has 0 radical (unpaired) electrons. The smallest absolute Gasteiger partial charge is 0.311 e. The van der Waals surface area contributed by atoms with Gasteiger partial charge in [0.15, 0.2) is 0 Å². The van der Waals surface area contributed by atoms with Gasteiger partial charge in [0.05, 0.1) is 18.6 Å². The van der Waals surface area contributed by atoms with Gasteiger partial charge in [0.25, 0.3) is 0 Å². The fourth-order valence-electron chi connectivity index (χ4n) is 1.42. The molecule has 1 N–H and O–H groups in total. The first-order valence-electron chi connectivity index (χ1n) is 5.48. The van der Waals surface area contributed by atoms with E-state index in [-0.39, 0.29) is 11.9 Å². The van der Waals surface area contributed by atoms with Crippen LogP contribution in [0.1, 0.15) is 46.5 Å². The van der Waals surface area contributed by atoms with Crippen LogP contribution < -0.4 is 0 Å². The molecule has 2 unspecified atom stereocenters. The Hall–Kier alpha value is -0.570. The molecule has 84 valence electrons. The van der Waals surface area contributed by atoms with E-state index in [2.05, 4.69) is 6.92 Å². The summed E-state index contributed by atoms with van der Waals surface area (Å²) in [7, 11) is 0. The van der Waals surface area contributed by atoms with Crippen LogP contribution in [0.25, 0.3) is 0 Å². The molecule has 14 heavy (non-hydrogen) atoms. The highest BCUT2D eigenvalue weighted by Gasteiger charge is 2.23. The van der Waals surface area contributed by atoms with Crippen LogP contribution >= 0.6 is 0 Å². The third kappa shape index (κ3) is 5.22. The Balaban J connectivity index is 3.95. The number of esters is 1. The second kappa shape index (κ2) is 7.80. The maximum atomic E-state index is 11.4. The molecule has 0 rings (SSSR count). The van der Waals surface area contributed by atoms with Crippen molar-refractivity contribution in [2.75, 3.05) is 6.61 Å². The van der Waals surface area contributed by atoms with Crippen molar-refractivity contribution < 1.29 is 14.6 Å². The standard InChI is InChI=1S/C11H22O3/c1-4-6-7-8-10(9(3)12)11(13)14-5-2/h9-10,12H,4-8H2,1-3H3. The van der Waals surface area contributed by atoms with Crippen molar-refractivity contribution in [1.82, 2.24) is 0 Å². The summed E-state index contributed by atoms with van der Waals surface area (Å²) < 4.78 is 4.90. The van der Waals surface area contributed by atoms with E-state index in [1.807, 2.05) is 0 Å². The lowest BCUT2D eigenvalue weighted by molar-refractivity contribution is -0.152. The third-order valence-electron chi connectivity index (χ3n) is 2.29. The molecule has 0 amide bonds. The number of hydrogen-bond acceptors (Lipinski definition) is 3. The number of ether oxygens (including phenoxy) is 1. The average Bonchev–Trinajstić information content (AvgIpc) is 2.12. The van der Waals surface area contributed by atoms with E-state index in [0.29, 0.717) is 6.61 Å². The minimum absolute atomic E-state index is 0.265. The van der Waals surface area contributed by atoms with E-state index >= 15 is 0 Å². The van der Waals surface area contributed by atoms with Crippen LogP contribution in [0, 0.1) is 5.92 Å². The van der Waals surface area contributed by atoms with E-state index in [1.54, 1.807) is 13.8 Å². The first-order valence-corrected chi connectivity index (χ1v) is 5.48. The van der Waals surface area contributed by atoms with Gasteiger partial charge in [-0.2, -0.15) is 0 Å². The van der Waals surface area contributed by atoms with Crippen LogP contribution in [0.3, 0.4) is 0 Å². The van der Waals surface area contributed by atoms with Gasteiger partial charge in [0, 0.05) is 0 Å². The highest BCUT2D eigenvalue weighted by Crippen LogP contribution is 2.15. The summed E-state index contributed by atoms with van der Waals surface area (Å²) in [6, 6.07) is 0. The SMILES string of the molecule is CCCCCC(C(=O)OCC)C(C)O. The number of unbranched alkanes of at least 4 members (excludes halogenated alkanes) is 2. The van der Waals surface area contributed by atoms with Crippen molar-refractivity contribution in [2.45, 2.75) is 52.6 Å². The molecule has 0 aromatic heterocycles. The summed E-state index contributed by atoms with van der Waals surface area (Å²) in [6.45, 7) is 5.92. The van der Waals surface area contributed by atoms with Gasteiger partial charge in [0.1, 0.15) is 0 Å². The van der Waals surface area contributed by atoms with Crippen molar-refractivity contribution in [3.8, 4) is 0 Å². The molecule has 2 atom stereocenters. The second-order valence-electron chi connectivity index (χ2n) is 3.59. The summed E-state index contributed by atoms with van der Waals surface area (Å²) in [5, 5.41) is 9.41. The first kappa shape index (κ1) is 13.4. The molecule has 0 aromatic carbocycles. The third-order valence-corrected chi connectivity index (χ3v) is 2.29. The highest BCUT2D eigenvalue weighted by molar-refractivity contribution is 5.72. The monoisotopic (exact) mass is 202 g/mol. The van der Waals surface area contributed by atoms with Crippen molar-refractivity contribution in [3.63, 3.8) is 0 Å². The Morgan fingerprint density at radius 1 is 1.36 bits per heavy atom. The Labute approximate surface area is 86.5 Å². The average molecular weight is 202 g/mol. The quantitative estimate of drug-likeness (QED) is 0.508. The molecule has 0 bridgehead atoms. The van der Waals surface area contributed by atoms with Crippen LogP contribution in [0.15, 0.2) is 0 Å². The zero-order valence-corrected chi connectivity index (χ0v) is 9.45. The molecule has 0 fully saturated rings. The van der Waals surface area contributed by atoms with Crippen LogP contribution in [-0.2, 0) is 9.53 Å². The summed E-state index contributed by atoms with van der Waals surface area (Å²) in [6.07, 6.45) is 3.32. The van der Waals surface area contributed by atoms with E-state index in [9.17, 15) is 9.90 Å². The van der Waals surface area contributed by atoms with Gasteiger partial charge >= 0.3 is 5.97 Å². The van der Waals surface area contributed by atoms with Gasteiger partial charge in [-0.1, -0.05) is 26.2 Å². The molecule has 3 nitrogen and oxygen atoms in total. The fraction of sp³-hybridized carbons (Fsp3) is 0.909. The second-order valence-corrected chi connectivity index (χ2v) is 3.59. The van der Waals surface area contributed by atoms with E-state index in [4.69, 9.17) is 4.74 Å². The molecular weight excluding hydrogens is 180 g/mol. The lowest BCUT2D eigenvalue weighted by Crippen LogP contribution is -2.27. The lowest BCUT2D eigenvalue weighted by atomic mass is 9.96. The molecule has 3 heteroatoms. The molecule has 0 aliphatic heterocycles. The Morgan fingerprint density at radius 3 is 2.43 bits per heavy atom. The van der Waals surface area contributed by atoms with Crippen LogP contribution in [-0.4, -0.2) is 23.8 Å². The normalized spacial score (nSPS) is 14.9. The Morgan fingerprint density at radius 2 is 2.00 bits per heavy atom. The van der Waals surface area contributed by atoms with Crippen LogP contribution in [0.2, 0.25) is 0 Å². The maximum Gasteiger partial charge on any atom is 0.311 e. The molecule has 0 aliphatic carbocycles. The van der Waals surface area contributed by atoms with Crippen molar-refractivity contribution in [3.05, 3.63) is 0 Å². The largest absolute Gasteiger partial charge is 0.466 e. The summed E-state index contributed by atoms with van der Waals surface area (Å²) in [4.78, 5) is 11.4. The van der Waals surface area contributed by atoms with Gasteiger partial charge in [-0.05, 0) is 20.3 Å². The number of carbonyl (C=O) groups is 1. The summed E-state index contributed by atoms with van der Waals surface area (Å²) in [5.74, 6) is -0.611. The minimum atomic E-state index is -0.606. The number of hydrogen-bond donors (Lipinski definition) is 1. The molecule has 0 aliphatic rings. The number of aliphatic hydroxyl groups excluding tert-OH is 1. The van der Waals surface area contributed by atoms with E-state index in [1.165, 1.54) is 0 Å². The van der Waals surface area contributed by atoms with Gasteiger partial charge in [0.2, 0.25) is 0 Å². The minimum Gasteiger partial charge on any atom is -0.466 e. The molecular formula is C11H22O3.